The third-order valence-electron chi connectivity index (χ3n) is 7.51. The maximum atomic E-state index is 12.8. The van der Waals surface area contributed by atoms with Gasteiger partial charge in [0.05, 0.1) is 34.8 Å². The number of carbonyl (C=O) groups is 2. The van der Waals surface area contributed by atoms with Crippen molar-refractivity contribution < 1.29 is 14.3 Å². The molecule has 3 fully saturated rings. The zero-order chi connectivity index (χ0) is 23.6. The van der Waals surface area contributed by atoms with Crippen LogP contribution in [0.4, 0.5) is 0 Å². The van der Waals surface area contributed by atoms with Crippen LogP contribution in [0.3, 0.4) is 0 Å². The summed E-state index contributed by atoms with van der Waals surface area (Å²) in [5, 5.41) is 3.40. The summed E-state index contributed by atoms with van der Waals surface area (Å²) in [4.78, 5) is 37.1. The Bertz CT molecular complexity index is 1290. The van der Waals surface area contributed by atoms with E-state index in [0.717, 1.165) is 63.6 Å². The first-order valence-electron chi connectivity index (χ1n) is 11.9. The second-order valence-corrected chi connectivity index (χ2v) is 11.4. The lowest BCUT2D eigenvalue weighted by Crippen LogP contribution is -2.37. The highest BCUT2D eigenvalue weighted by atomic mass is 32.1. The van der Waals surface area contributed by atoms with Gasteiger partial charge < -0.3 is 10.1 Å². The quantitative estimate of drug-likeness (QED) is 0.562. The number of nitrogens with zero attached hydrogens (tertiary/aromatic N) is 3. The molecule has 0 spiro atoms. The molecule has 0 radical (unpaired) electrons. The van der Waals surface area contributed by atoms with Crippen molar-refractivity contribution in [3.63, 3.8) is 0 Å². The number of ether oxygens (including phenoxy) is 1. The lowest BCUT2D eigenvalue weighted by molar-refractivity contribution is -0.143. The van der Waals surface area contributed by atoms with Gasteiger partial charge in [-0.3, -0.25) is 24.5 Å². The smallest absolute Gasteiger partial charge is 0.234 e. The SMILES string of the molecule is Cc1cc(-c2ccnc3cc(CN4C(=O)C5C(C4=O)C5(C)C)sc23)c(O[C@H]2CCCNC2)cn1. The summed E-state index contributed by atoms with van der Waals surface area (Å²) in [5.74, 6) is 0.391. The van der Waals surface area contributed by atoms with Crippen LogP contribution in [-0.4, -0.2) is 45.9 Å². The van der Waals surface area contributed by atoms with Gasteiger partial charge in [0.1, 0.15) is 11.9 Å². The number of pyridine rings is 2. The highest BCUT2D eigenvalue weighted by Crippen LogP contribution is 2.63. The van der Waals surface area contributed by atoms with E-state index < -0.39 is 0 Å². The predicted molar refractivity (Wildman–Crippen MR) is 130 cm³/mol. The van der Waals surface area contributed by atoms with Crippen LogP contribution in [0.2, 0.25) is 0 Å². The Hall–Kier alpha value is -2.84. The largest absolute Gasteiger partial charge is 0.487 e. The van der Waals surface area contributed by atoms with Gasteiger partial charge >= 0.3 is 0 Å². The molecule has 7 nitrogen and oxygen atoms in total. The van der Waals surface area contributed by atoms with E-state index in [4.69, 9.17) is 4.74 Å². The van der Waals surface area contributed by atoms with Crippen LogP contribution in [0, 0.1) is 24.2 Å². The molecule has 2 amide bonds. The highest BCUT2D eigenvalue weighted by molar-refractivity contribution is 7.19. The fourth-order valence-corrected chi connectivity index (χ4v) is 6.68. The summed E-state index contributed by atoms with van der Waals surface area (Å²) in [7, 11) is 0. The number of thiophene rings is 1. The van der Waals surface area contributed by atoms with Crippen molar-refractivity contribution in [2.75, 3.05) is 13.1 Å². The van der Waals surface area contributed by atoms with Gasteiger partial charge in [0, 0.05) is 34.4 Å². The molecule has 2 saturated heterocycles. The number of hydrogen-bond acceptors (Lipinski definition) is 7. The molecule has 0 aromatic carbocycles. The third-order valence-corrected chi connectivity index (χ3v) is 8.65. The summed E-state index contributed by atoms with van der Waals surface area (Å²) < 4.78 is 7.41. The average Bonchev–Trinajstić information content (AvgIpc) is 3.06. The standard InChI is InChI=1S/C26H28N4O3S/c1-14-9-18(20(12-29-14)33-15-5-4-7-27-11-15)17-6-8-28-19-10-16(34-23(17)19)13-30-24(31)21-22(25(30)32)26(21,2)3/h6,8-10,12,15,21-22,27H,4-5,7,11,13H2,1-3H3/t15-,21?,22?/m0/s1. The molecule has 1 N–H and O–H groups in total. The van der Waals surface area contributed by atoms with Crippen LogP contribution in [0.1, 0.15) is 37.3 Å². The molecule has 3 aromatic heterocycles. The van der Waals surface area contributed by atoms with Gasteiger partial charge in [0.2, 0.25) is 11.8 Å². The molecule has 34 heavy (non-hydrogen) atoms. The molecule has 176 valence electrons. The fourth-order valence-electron chi connectivity index (χ4n) is 5.54. The lowest BCUT2D eigenvalue weighted by atomic mass is 10.0. The Kier molecular flexibility index (Phi) is 5.00. The van der Waals surface area contributed by atoms with Crippen molar-refractivity contribution in [3.05, 3.63) is 41.2 Å². The Balaban J connectivity index is 1.33. The number of likely N-dealkylation sites (tertiary alicyclic amines) is 1. The number of aromatic nitrogens is 2. The number of amides is 2. The third kappa shape index (κ3) is 3.43. The van der Waals surface area contributed by atoms with Gasteiger partial charge in [-0.15, -0.1) is 11.3 Å². The van der Waals surface area contributed by atoms with Gasteiger partial charge in [0.15, 0.2) is 0 Å². The van der Waals surface area contributed by atoms with Crippen LogP contribution in [0.5, 0.6) is 5.75 Å². The van der Waals surface area contributed by atoms with Crippen molar-refractivity contribution in [2.24, 2.45) is 17.3 Å². The molecular formula is C26H28N4O3S. The topological polar surface area (TPSA) is 84.4 Å². The average molecular weight is 477 g/mol. The minimum absolute atomic E-state index is 0.0350. The first kappa shape index (κ1) is 21.7. The molecule has 8 heteroatoms. The number of hydrogen-bond donors (Lipinski definition) is 1. The minimum atomic E-state index is -0.191. The zero-order valence-electron chi connectivity index (χ0n) is 19.6. The molecule has 5 heterocycles. The van der Waals surface area contributed by atoms with E-state index in [1.54, 1.807) is 17.5 Å². The van der Waals surface area contributed by atoms with Crippen molar-refractivity contribution in [1.29, 1.82) is 0 Å². The lowest BCUT2D eigenvalue weighted by Gasteiger charge is -2.25. The maximum Gasteiger partial charge on any atom is 0.234 e. The molecule has 2 aliphatic heterocycles. The Morgan fingerprint density at radius 2 is 1.97 bits per heavy atom. The van der Waals surface area contributed by atoms with Crippen molar-refractivity contribution in [2.45, 2.75) is 46.3 Å². The molecule has 2 unspecified atom stereocenters. The van der Waals surface area contributed by atoms with Crippen LogP contribution in [0.25, 0.3) is 21.3 Å². The summed E-state index contributed by atoms with van der Waals surface area (Å²) in [6.07, 6.45) is 5.86. The molecule has 3 aromatic rings. The van der Waals surface area contributed by atoms with E-state index in [2.05, 4.69) is 21.4 Å². The molecular weight excluding hydrogens is 448 g/mol. The zero-order valence-corrected chi connectivity index (χ0v) is 20.4. The van der Waals surface area contributed by atoms with E-state index in [0.29, 0.717) is 6.54 Å². The van der Waals surface area contributed by atoms with Crippen molar-refractivity contribution in [1.82, 2.24) is 20.2 Å². The van der Waals surface area contributed by atoms with Gasteiger partial charge in [-0.25, -0.2) is 0 Å². The van der Waals surface area contributed by atoms with Crippen molar-refractivity contribution in [3.8, 4) is 16.9 Å². The van der Waals surface area contributed by atoms with Gasteiger partial charge in [-0.2, -0.15) is 0 Å². The first-order valence-corrected chi connectivity index (χ1v) is 12.7. The number of piperidine rings is 2. The fraction of sp³-hybridized carbons (Fsp3) is 0.462. The summed E-state index contributed by atoms with van der Waals surface area (Å²) in [6.45, 7) is 8.16. The van der Waals surface area contributed by atoms with Gasteiger partial charge in [-0.1, -0.05) is 13.8 Å². The van der Waals surface area contributed by atoms with Crippen LogP contribution >= 0.6 is 11.3 Å². The van der Waals surface area contributed by atoms with Crippen LogP contribution in [-0.2, 0) is 16.1 Å². The number of aryl methyl sites for hydroxylation is 1. The predicted octanol–water partition coefficient (Wildman–Crippen LogP) is 3.94. The number of carbonyl (C=O) groups excluding carboxylic acids is 2. The number of nitrogens with one attached hydrogen (secondary N) is 1. The molecule has 1 aliphatic carbocycles. The number of imide groups is 1. The van der Waals surface area contributed by atoms with Crippen molar-refractivity contribution >= 4 is 33.4 Å². The van der Waals surface area contributed by atoms with E-state index >= 15 is 0 Å². The van der Waals surface area contributed by atoms with E-state index in [1.165, 1.54) is 4.90 Å². The Morgan fingerprint density at radius 1 is 1.18 bits per heavy atom. The molecule has 6 rings (SSSR count). The molecule has 1 saturated carbocycles. The molecule has 3 aliphatic rings. The van der Waals surface area contributed by atoms with E-state index in [9.17, 15) is 9.59 Å². The number of fused-ring (bicyclic) bond motifs is 2. The molecule has 0 bridgehead atoms. The van der Waals surface area contributed by atoms with Crippen LogP contribution < -0.4 is 10.1 Å². The summed E-state index contributed by atoms with van der Waals surface area (Å²) in [5.41, 5.74) is 3.62. The second-order valence-electron chi connectivity index (χ2n) is 10.2. The Morgan fingerprint density at radius 3 is 2.71 bits per heavy atom. The molecule has 3 atom stereocenters. The number of rotatable bonds is 5. The Labute approximate surface area is 202 Å². The normalized spacial score (nSPS) is 25.6. The van der Waals surface area contributed by atoms with Gasteiger partial charge in [-0.05, 0) is 49.9 Å². The van der Waals surface area contributed by atoms with Gasteiger partial charge in [0.25, 0.3) is 0 Å². The summed E-state index contributed by atoms with van der Waals surface area (Å²) >= 11 is 1.59. The second kappa shape index (κ2) is 7.85. The highest BCUT2D eigenvalue weighted by Gasteiger charge is 2.72. The van der Waals surface area contributed by atoms with Crippen LogP contribution in [0.15, 0.2) is 30.6 Å². The maximum absolute atomic E-state index is 12.8. The first-order chi connectivity index (χ1) is 16.3. The minimum Gasteiger partial charge on any atom is -0.487 e. The van der Waals surface area contributed by atoms with E-state index in [1.807, 2.05) is 39.1 Å². The summed E-state index contributed by atoms with van der Waals surface area (Å²) in [6, 6.07) is 6.06. The van der Waals surface area contributed by atoms with E-state index in [-0.39, 0.29) is 35.2 Å². The monoisotopic (exact) mass is 476 g/mol.